The van der Waals surface area contributed by atoms with Gasteiger partial charge in [0.05, 0.1) is 14.5 Å². The predicted octanol–water partition coefficient (Wildman–Crippen LogP) is 7.52. The average Bonchev–Trinajstić information content (AvgIpc) is 2.80. The molecule has 0 spiro atoms. The third kappa shape index (κ3) is 5.42. The van der Waals surface area contributed by atoms with Gasteiger partial charge >= 0.3 is 5.97 Å². The summed E-state index contributed by atoms with van der Waals surface area (Å²) in [6, 6.07) is 30.1. The van der Waals surface area contributed by atoms with Crippen LogP contribution >= 0.6 is 67.8 Å². The van der Waals surface area contributed by atoms with Crippen LogP contribution in [0.4, 0.5) is 0 Å². The highest BCUT2D eigenvalue weighted by Crippen LogP contribution is 2.33. The fraction of sp³-hybridized carbons (Fsp3) is 0. The van der Waals surface area contributed by atoms with Gasteiger partial charge in [-0.15, -0.1) is 0 Å². The maximum atomic E-state index is 12.7. The Morgan fingerprint density at radius 1 is 0.688 bits per heavy atom. The zero-order chi connectivity index (χ0) is 22.7. The van der Waals surface area contributed by atoms with Crippen molar-refractivity contribution in [3.8, 4) is 11.5 Å². The van der Waals surface area contributed by atoms with Gasteiger partial charge in [-0.25, -0.2) is 4.79 Å². The van der Waals surface area contributed by atoms with Crippen molar-refractivity contribution in [2.45, 2.75) is 14.7 Å². The highest BCUT2D eigenvalue weighted by molar-refractivity contribution is 14.1. The molecule has 0 aromatic heterocycles. The number of esters is 1. The van der Waals surface area contributed by atoms with Crippen LogP contribution in [0.25, 0.3) is 0 Å². The fourth-order valence-corrected chi connectivity index (χ4v) is 6.60. The first-order valence-corrected chi connectivity index (χ1v) is 13.9. The van der Waals surface area contributed by atoms with E-state index in [4.69, 9.17) is 4.74 Å². The van der Waals surface area contributed by atoms with Crippen molar-refractivity contribution in [2.24, 2.45) is 0 Å². The average molecular weight is 777 g/mol. The van der Waals surface area contributed by atoms with E-state index in [0.29, 0.717) is 12.9 Å². The maximum absolute atomic E-state index is 12.7. The molecule has 4 aromatic rings. The van der Waals surface area contributed by atoms with E-state index in [0.717, 1.165) is 4.90 Å². The lowest BCUT2D eigenvalue weighted by atomic mass is 10.2. The summed E-state index contributed by atoms with van der Waals surface area (Å²) >= 11 is 6.33. The molecule has 0 radical (unpaired) electrons. The van der Waals surface area contributed by atoms with Crippen molar-refractivity contribution in [1.29, 1.82) is 0 Å². The molecule has 1 N–H and O–H groups in total. The van der Waals surface area contributed by atoms with Crippen LogP contribution in [0.2, 0.25) is 0 Å². The summed E-state index contributed by atoms with van der Waals surface area (Å²) in [5, 5.41) is 10.3. The Kier molecular flexibility index (Phi) is 8.00. The smallest absolute Gasteiger partial charge is 0.348 e. The van der Waals surface area contributed by atoms with Crippen molar-refractivity contribution in [2.75, 3.05) is 0 Å². The van der Waals surface area contributed by atoms with E-state index in [1.54, 1.807) is 24.3 Å². The van der Waals surface area contributed by atoms with E-state index >= 15 is 0 Å². The number of hydrogen-bond donors (Lipinski definition) is 1. The zero-order valence-corrected chi connectivity index (χ0v) is 23.8. The largest absolute Gasteiger partial charge is 0.506 e. The quantitative estimate of drug-likeness (QED) is 0.0989. The first-order chi connectivity index (χ1) is 15.4. The van der Waals surface area contributed by atoms with Crippen molar-refractivity contribution < 1.29 is 14.6 Å². The SMILES string of the molecule is O=C(Oc1ccc([S+](c2ccccc2)c2ccc(I)cc2)cc1)c1c(I)ccc(I)c1O. The number of halogens is 3. The van der Waals surface area contributed by atoms with E-state index < -0.39 is 5.97 Å². The lowest BCUT2D eigenvalue weighted by Crippen LogP contribution is -2.11. The molecule has 0 aliphatic heterocycles. The Hall–Kier alpha value is -1.31. The van der Waals surface area contributed by atoms with Crippen molar-refractivity contribution in [3.63, 3.8) is 0 Å². The number of ether oxygens (including phenoxy) is 1. The van der Waals surface area contributed by atoms with Gasteiger partial charge in [0.1, 0.15) is 17.1 Å². The topological polar surface area (TPSA) is 46.5 Å². The molecule has 1 unspecified atom stereocenters. The molecule has 0 amide bonds. The Morgan fingerprint density at radius 2 is 1.22 bits per heavy atom. The summed E-state index contributed by atoms with van der Waals surface area (Å²) < 4.78 is 8.02. The van der Waals surface area contributed by atoms with E-state index in [2.05, 4.69) is 59.0 Å². The number of carbonyl (C=O) groups excluding carboxylic acids is 1. The summed E-state index contributed by atoms with van der Waals surface area (Å²) in [5.41, 5.74) is 0.185. The molecule has 0 saturated carbocycles. The monoisotopic (exact) mass is 777 g/mol. The van der Waals surface area contributed by atoms with Gasteiger partial charge in [0, 0.05) is 7.14 Å². The van der Waals surface area contributed by atoms with Gasteiger partial charge in [-0.1, -0.05) is 18.2 Å². The molecule has 160 valence electrons. The van der Waals surface area contributed by atoms with Gasteiger partial charge in [0.25, 0.3) is 0 Å². The van der Waals surface area contributed by atoms with E-state index in [1.165, 1.54) is 13.4 Å². The van der Waals surface area contributed by atoms with Crippen LogP contribution in [-0.4, -0.2) is 11.1 Å². The molecule has 0 saturated heterocycles. The van der Waals surface area contributed by atoms with Gasteiger partial charge in [-0.2, -0.15) is 0 Å². The van der Waals surface area contributed by atoms with Gasteiger partial charge in [-0.05, 0) is 141 Å². The Balaban J connectivity index is 1.63. The Morgan fingerprint density at radius 3 is 1.84 bits per heavy atom. The second-order valence-corrected chi connectivity index (χ2v) is 12.3. The van der Waals surface area contributed by atoms with E-state index in [1.807, 2.05) is 75.5 Å². The Bertz CT molecular complexity index is 1240. The fourth-order valence-electron chi connectivity index (χ4n) is 3.07. The second kappa shape index (κ2) is 10.7. The molecule has 0 fully saturated rings. The summed E-state index contributed by atoms with van der Waals surface area (Å²) in [7, 11) is -0.276. The molecule has 32 heavy (non-hydrogen) atoms. The summed E-state index contributed by atoms with van der Waals surface area (Å²) in [6.07, 6.45) is 0. The van der Waals surface area contributed by atoms with Crippen LogP contribution in [0.15, 0.2) is 106 Å². The molecule has 1 atom stereocenters. The molecule has 0 aliphatic carbocycles. The summed E-state index contributed by atoms with van der Waals surface area (Å²) in [4.78, 5) is 16.3. The van der Waals surface area contributed by atoms with Gasteiger partial charge in [0.15, 0.2) is 14.7 Å². The van der Waals surface area contributed by atoms with Crippen LogP contribution < -0.4 is 4.74 Å². The third-order valence-corrected chi connectivity index (χ3v) is 9.30. The number of carbonyl (C=O) groups is 1. The molecular formula is C25H16I3O3S+. The summed E-state index contributed by atoms with van der Waals surface area (Å²) in [6.45, 7) is 0. The highest BCUT2D eigenvalue weighted by atomic mass is 127. The number of benzene rings is 4. The van der Waals surface area contributed by atoms with Crippen LogP contribution in [0.1, 0.15) is 10.4 Å². The van der Waals surface area contributed by atoms with Crippen LogP contribution in [0.5, 0.6) is 11.5 Å². The van der Waals surface area contributed by atoms with Crippen molar-refractivity contribution in [1.82, 2.24) is 0 Å². The van der Waals surface area contributed by atoms with Gasteiger partial charge < -0.3 is 9.84 Å². The number of rotatable bonds is 5. The molecule has 0 aliphatic rings. The molecule has 0 heterocycles. The van der Waals surface area contributed by atoms with Crippen molar-refractivity contribution in [3.05, 3.63) is 107 Å². The van der Waals surface area contributed by atoms with Crippen molar-refractivity contribution >= 4 is 84.6 Å². The minimum absolute atomic E-state index is 0.0524. The first-order valence-electron chi connectivity index (χ1n) is 9.48. The molecule has 0 bridgehead atoms. The molecule has 7 heteroatoms. The van der Waals surface area contributed by atoms with Crippen LogP contribution in [0.3, 0.4) is 0 Å². The number of phenolic OH excluding ortho intramolecular Hbond substituents is 1. The lowest BCUT2D eigenvalue weighted by molar-refractivity contribution is 0.0730. The molecule has 4 aromatic carbocycles. The second-order valence-electron chi connectivity index (χ2n) is 6.69. The minimum atomic E-state index is -0.571. The highest BCUT2D eigenvalue weighted by Gasteiger charge is 2.28. The molecular weight excluding hydrogens is 761 g/mol. The third-order valence-electron chi connectivity index (χ3n) is 4.58. The maximum Gasteiger partial charge on any atom is 0.348 e. The summed E-state index contributed by atoms with van der Waals surface area (Å²) in [5.74, 6) is -0.187. The van der Waals surface area contributed by atoms with E-state index in [9.17, 15) is 9.90 Å². The van der Waals surface area contributed by atoms with Gasteiger partial charge in [-0.3, -0.25) is 0 Å². The predicted molar refractivity (Wildman–Crippen MR) is 153 cm³/mol. The van der Waals surface area contributed by atoms with Crippen LogP contribution in [0, 0.1) is 10.7 Å². The number of hydrogen-bond acceptors (Lipinski definition) is 3. The first kappa shape index (κ1) is 23.8. The van der Waals surface area contributed by atoms with Crippen LogP contribution in [-0.2, 0) is 10.9 Å². The normalized spacial score (nSPS) is 11.7. The number of phenols is 1. The lowest BCUT2D eigenvalue weighted by Gasteiger charge is -2.11. The zero-order valence-electron chi connectivity index (χ0n) is 16.5. The standard InChI is InChI=1S/C25H15I3O3S/c26-16-6-10-19(11-7-16)32(18-4-2-1-3-5-18)20-12-8-17(9-13-20)31-25(30)23-21(27)14-15-22(28)24(23)29/h1-15H/p+1. The Labute approximate surface area is 230 Å². The number of aromatic hydroxyl groups is 1. The molecule has 3 nitrogen and oxygen atoms in total. The minimum Gasteiger partial charge on any atom is -0.506 e. The van der Waals surface area contributed by atoms with E-state index in [-0.39, 0.29) is 22.2 Å². The molecule has 4 rings (SSSR count). The van der Waals surface area contributed by atoms with Gasteiger partial charge in [0.2, 0.25) is 0 Å².